The van der Waals surface area contributed by atoms with E-state index in [2.05, 4.69) is 18.2 Å². The Morgan fingerprint density at radius 3 is 2.76 bits per heavy atom. The van der Waals surface area contributed by atoms with Crippen molar-refractivity contribution in [2.45, 2.75) is 70.1 Å². The number of carbonyl (C=O) groups is 1. The molecule has 0 radical (unpaired) electrons. The second-order valence-electron chi connectivity index (χ2n) is 6.97. The molecular weight excluding hydrogens is 322 g/mol. The van der Waals surface area contributed by atoms with Crippen LogP contribution in [-0.2, 0) is 14.3 Å². The largest absolute Gasteiger partial charge is 0.390 e. The molecule has 2 unspecified atom stereocenters. The lowest BCUT2D eigenvalue weighted by molar-refractivity contribution is -0.165. The molecule has 6 nitrogen and oxygen atoms in total. The highest BCUT2D eigenvalue weighted by Gasteiger charge is 2.45. The van der Waals surface area contributed by atoms with Crippen LogP contribution in [0.3, 0.4) is 0 Å². The summed E-state index contributed by atoms with van der Waals surface area (Å²) in [6.45, 7) is 4.47. The van der Waals surface area contributed by atoms with Crippen LogP contribution in [0.4, 0.5) is 0 Å². The molecule has 2 saturated heterocycles. The molecule has 2 fully saturated rings. The molecular formula is C19H29NO5. The Hall–Kier alpha value is -1.39. The fraction of sp³-hybridized carbons (Fsp3) is 0.737. The molecule has 0 aromatic rings. The van der Waals surface area contributed by atoms with E-state index in [0.717, 1.165) is 18.4 Å². The Balaban J connectivity index is 1.80. The third-order valence-corrected chi connectivity index (χ3v) is 4.80. The second kappa shape index (κ2) is 9.35. The summed E-state index contributed by atoms with van der Waals surface area (Å²) in [5.41, 5.74) is 0.762. The molecule has 140 valence electrons. The average Bonchev–Trinajstić information content (AvgIpc) is 3.30. The Morgan fingerprint density at radius 1 is 1.32 bits per heavy atom. The number of ether oxygens (including phenoxy) is 2. The Morgan fingerprint density at radius 2 is 2.08 bits per heavy atom. The molecule has 1 amide bonds. The van der Waals surface area contributed by atoms with Gasteiger partial charge >= 0.3 is 0 Å². The number of aliphatic hydroxyl groups excluding tert-OH is 2. The van der Waals surface area contributed by atoms with Gasteiger partial charge in [-0.05, 0) is 26.2 Å². The summed E-state index contributed by atoms with van der Waals surface area (Å²) < 4.78 is 11.4. The quantitative estimate of drug-likeness (QED) is 0.341. The zero-order valence-electron chi connectivity index (χ0n) is 15.0. The molecule has 0 aromatic carbocycles. The maximum Gasteiger partial charge on any atom is 0.244 e. The molecule has 2 rings (SSSR count). The third kappa shape index (κ3) is 5.82. The first-order valence-electron chi connectivity index (χ1n) is 8.97. The van der Waals surface area contributed by atoms with E-state index in [1.54, 1.807) is 6.92 Å². The topological polar surface area (TPSA) is 91.3 Å². The monoisotopic (exact) mass is 351 g/mol. The predicted molar refractivity (Wildman–Crippen MR) is 93.6 cm³/mol. The van der Waals surface area contributed by atoms with E-state index in [9.17, 15) is 15.0 Å². The molecule has 0 spiro atoms. The smallest absolute Gasteiger partial charge is 0.244 e. The van der Waals surface area contributed by atoms with Crippen LogP contribution in [0.5, 0.6) is 0 Å². The Kier molecular flexibility index (Phi) is 7.45. The number of carbonyl (C=O) groups excluding carboxylic acids is 1. The number of nitrogens with one attached hydrogen (secondary N) is 1. The number of rotatable bonds is 8. The van der Waals surface area contributed by atoms with E-state index in [-0.39, 0.29) is 24.5 Å². The van der Waals surface area contributed by atoms with Crippen molar-refractivity contribution in [3.8, 4) is 12.3 Å². The molecule has 0 bridgehead atoms. The zero-order chi connectivity index (χ0) is 18.4. The highest BCUT2D eigenvalue weighted by molar-refractivity contribution is 5.88. The minimum atomic E-state index is -0.973. The van der Waals surface area contributed by atoms with Gasteiger partial charge in [-0.1, -0.05) is 24.8 Å². The molecule has 25 heavy (non-hydrogen) atoms. The minimum absolute atomic E-state index is 0.124. The number of epoxide rings is 1. The van der Waals surface area contributed by atoms with E-state index in [0.29, 0.717) is 25.6 Å². The van der Waals surface area contributed by atoms with Gasteiger partial charge in [-0.25, -0.2) is 0 Å². The fourth-order valence-electron chi connectivity index (χ4n) is 3.34. The van der Waals surface area contributed by atoms with Crippen molar-refractivity contribution in [2.75, 3.05) is 13.2 Å². The maximum absolute atomic E-state index is 11.6. The van der Waals surface area contributed by atoms with Crippen LogP contribution in [0.25, 0.3) is 0 Å². The standard InChI is InChI=1S/C19H29NO5/c1-4-6-14-15(25-14)10-13-11-24-16(19(23)18(13)22)8-12(3)9-17(21)20-7-5-2/h2,9,13-16,18-19,22-23H,4,6-8,10-11H2,1,3H3,(H,20,21)/b12-9+/t13-,14-,15-,16-,18?,19?/m0/s1. The second-order valence-corrected chi connectivity index (χ2v) is 6.97. The van der Waals surface area contributed by atoms with E-state index in [1.807, 2.05) is 0 Å². The molecule has 2 heterocycles. The summed E-state index contributed by atoms with van der Waals surface area (Å²) in [5.74, 6) is 1.94. The maximum atomic E-state index is 11.6. The van der Waals surface area contributed by atoms with E-state index >= 15 is 0 Å². The fourth-order valence-corrected chi connectivity index (χ4v) is 3.34. The summed E-state index contributed by atoms with van der Waals surface area (Å²) in [7, 11) is 0. The van der Waals surface area contributed by atoms with Crippen molar-refractivity contribution >= 4 is 5.91 Å². The zero-order valence-corrected chi connectivity index (χ0v) is 15.0. The number of hydrogen-bond donors (Lipinski definition) is 3. The van der Waals surface area contributed by atoms with Crippen molar-refractivity contribution in [1.82, 2.24) is 5.32 Å². The van der Waals surface area contributed by atoms with Crippen molar-refractivity contribution in [3.63, 3.8) is 0 Å². The van der Waals surface area contributed by atoms with Crippen LogP contribution >= 0.6 is 0 Å². The van der Waals surface area contributed by atoms with Gasteiger partial charge in [-0.15, -0.1) is 6.42 Å². The highest BCUT2D eigenvalue weighted by atomic mass is 16.6. The third-order valence-electron chi connectivity index (χ3n) is 4.80. The van der Waals surface area contributed by atoms with Crippen LogP contribution in [0.1, 0.15) is 39.5 Å². The molecule has 0 saturated carbocycles. The van der Waals surface area contributed by atoms with Crippen molar-refractivity contribution in [2.24, 2.45) is 5.92 Å². The first-order valence-corrected chi connectivity index (χ1v) is 8.97. The van der Waals surface area contributed by atoms with Gasteiger partial charge in [0, 0.05) is 12.0 Å². The number of aliphatic hydroxyl groups is 2. The normalized spacial score (nSPS) is 35.1. The van der Waals surface area contributed by atoms with Crippen molar-refractivity contribution in [1.29, 1.82) is 0 Å². The van der Waals surface area contributed by atoms with Crippen LogP contribution < -0.4 is 5.32 Å². The van der Waals surface area contributed by atoms with Gasteiger partial charge in [0.25, 0.3) is 0 Å². The van der Waals surface area contributed by atoms with Gasteiger partial charge in [0.1, 0.15) is 6.10 Å². The molecule has 3 N–H and O–H groups in total. The summed E-state index contributed by atoms with van der Waals surface area (Å²) in [4.78, 5) is 11.6. The van der Waals surface area contributed by atoms with E-state index < -0.39 is 18.3 Å². The van der Waals surface area contributed by atoms with Crippen molar-refractivity contribution < 1.29 is 24.5 Å². The van der Waals surface area contributed by atoms with Crippen LogP contribution in [0.2, 0.25) is 0 Å². The summed E-state index contributed by atoms with van der Waals surface area (Å²) in [6.07, 6.45) is 7.87. The summed E-state index contributed by atoms with van der Waals surface area (Å²) in [6, 6.07) is 0. The van der Waals surface area contributed by atoms with Gasteiger partial charge in [0.2, 0.25) is 5.91 Å². The number of hydrogen-bond acceptors (Lipinski definition) is 5. The SMILES string of the molecule is C#CCNC(=O)/C=C(\C)C[C@@H]1OC[C@H](C[C@@H]2O[C@H]2CCC)C(O)C1O. The highest BCUT2D eigenvalue weighted by Crippen LogP contribution is 2.36. The number of amides is 1. The lowest BCUT2D eigenvalue weighted by atomic mass is 9.86. The van der Waals surface area contributed by atoms with E-state index in [1.165, 1.54) is 6.08 Å². The first-order chi connectivity index (χ1) is 12.0. The molecule has 2 aliphatic heterocycles. The van der Waals surface area contributed by atoms with Crippen molar-refractivity contribution in [3.05, 3.63) is 11.6 Å². The van der Waals surface area contributed by atoms with Gasteiger partial charge in [-0.3, -0.25) is 4.79 Å². The molecule has 6 heteroatoms. The summed E-state index contributed by atoms with van der Waals surface area (Å²) >= 11 is 0. The molecule has 2 aliphatic rings. The number of terminal acetylenes is 1. The van der Waals surface area contributed by atoms with Gasteiger partial charge in [0.05, 0.1) is 37.6 Å². The first kappa shape index (κ1) is 19.9. The van der Waals surface area contributed by atoms with Crippen LogP contribution in [0.15, 0.2) is 11.6 Å². The van der Waals surface area contributed by atoms with Crippen LogP contribution in [-0.4, -0.2) is 59.8 Å². The molecule has 6 atom stereocenters. The molecule has 0 aromatic heterocycles. The van der Waals surface area contributed by atoms with Crippen LogP contribution in [0, 0.1) is 18.3 Å². The van der Waals surface area contributed by atoms with Gasteiger partial charge < -0.3 is 25.0 Å². The van der Waals surface area contributed by atoms with Gasteiger partial charge in [0.15, 0.2) is 0 Å². The Bertz CT molecular complexity index is 526. The minimum Gasteiger partial charge on any atom is -0.390 e. The van der Waals surface area contributed by atoms with E-state index in [4.69, 9.17) is 15.9 Å². The lowest BCUT2D eigenvalue weighted by Gasteiger charge is -2.37. The summed E-state index contributed by atoms with van der Waals surface area (Å²) in [5, 5.41) is 23.3. The lowest BCUT2D eigenvalue weighted by Crippen LogP contribution is -2.50. The Labute approximate surface area is 149 Å². The van der Waals surface area contributed by atoms with Gasteiger partial charge in [-0.2, -0.15) is 0 Å². The molecule has 0 aliphatic carbocycles. The average molecular weight is 351 g/mol. The predicted octanol–water partition coefficient (Wildman–Crippen LogP) is 0.767.